The highest BCUT2D eigenvalue weighted by molar-refractivity contribution is 5.79. The lowest BCUT2D eigenvalue weighted by atomic mass is 9.95. The van der Waals surface area contributed by atoms with Crippen LogP contribution in [-0.2, 0) is 0 Å². The minimum Gasteiger partial charge on any atom is -0.320 e. The van der Waals surface area contributed by atoms with Crippen LogP contribution in [0.2, 0.25) is 0 Å². The summed E-state index contributed by atoms with van der Waals surface area (Å²) in [5.41, 5.74) is 10.1. The van der Waals surface area contributed by atoms with Gasteiger partial charge in [0, 0.05) is 11.6 Å². The number of hydrogen-bond donors (Lipinski definition) is 1. The number of aryl methyl sites for hydroxylation is 1. The van der Waals surface area contributed by atoms with Crippen LogP contribution in [0.3, 0.4) is 0 Å². The first kappa shape index (κ1) is 12.8. The van der Waals surface area contributed by atoms with Crippen molar-refractivity contribution in [3.05, 3.63) is 77.2 Å². The molecule has 3 aromatic rings. The van der Waals surface area contributed by atoms with Gasteiger partial charge in [-0.15, -0.1) is 0 Å². The smallest absolute Gasteiger partial charge is 0.123 e. The van der Waals surface area contributed by atoms with Crippen molar-refractivity contribution in [2.24, 2.45) is 5.73 Å². The molecule has 1 atom stereocenters. The molecule has 0 bridgehead atoms. The molecule has 3 rings (SSSR count). The minimum absolute atomic E-state index is 0.235. The predicted octanol–water partition coefficient (Wildman–Crippen LogP) is 3.73. The zero-order chi connectivity index (χ0) is 14.1. The Morgan fingerprint density at radius 3 is 2.75 bits per heavy atom. The second-order valence-corrected chi connectivity index (χ2v) is 4.93. The summed E-state index contributed by atoms with van der Waals surface area (Å²) >= 11 is 0. The topological polar surface area (TPSA) is 38.9 Å². The average molecular weight is 266 g/mol. The second-order valence-electron chi connectivity index (χ2n) is 4.93. The van der Waals surface area contributed by atoms with E-state index in [4.69, 9.17) is 5.73 Å². The zero-order valence-corrected chi connectivity index (χ0v) is 11.2. The molecule has 2 nitrogen and oxygen atoms in total. The lowest BCUT2D eigenvalue weighted by molar-refractivity contribution is 0.624. The first-order chi connectivity index (χ1) is 9.65. The largest absolute Gasteiger partial charge is 0.320 e. The van der Waals surface area contributed by atoms with Crippen LogP contribution in [0.5, 0.6) is 0 Å². The highest BCUT2D eigenvalue weighted by Gasteiger charge is 2.12. The molecule has 0 aliphatic carbocycles. The van der Waals surface area contributed by atoms with Crippen molar-refractivity contribution < 1.29 is 4.39 Å². The van der Waals surface area contributed by atoms with Crippen LogP contribution in [0.1, 0.15) is 22.7 Å². The Labute approximate surface area is 117 Å². The van der Waals surface area contributed by atoms with Crippen LogP contribution in [0.15, 0.2) is 54.7 Å². The molecule has 3 heteroatoms. The molecule has 20 heavy (non-hydrogen) atoms. The number of hydrogen-bond acceptors (Lipinski definition) is 2. The summed E-state index contributed by atoms with van der Waals surface area (Å²) in [6.45, 7) is 1.88. The molecule has 0 amide bonds. The summed E-state index contributed by atoms with van der Waals surface area (Å²) in [5, 5.41) is 1.06. The first-order valence-electron chi connectivity index (χ1n) is 6.51. The monoisotopic (exact) mass is 266 g/mol. The molecule has 0 aliphatic heterocycles. The molecular weight excluding hydrogens is 251 g/mol. The highest BCUT2D eigenvalue weighted by atomic mass is 19.1. The van der Waals surface area contributed by atoms with Crippen molar-refractivity contribution in [3.8, 4) is 0 Å². The number of benzene rings is 2. The lowest BCUT2D eigenvalue weighted by Gasteiger charge is -2.16. The number of aromatic nitrogens is 1. The average Bonchev–Trinajstić information content (AvgIpc) is 2.46. The van der Waals surface area contributed by atoms with Crippen LogP contribution in [0.25, 0.3) is 10.9 Å². The molecule has 1 aromatic heterocycles. The molecule has 0 fully saturated rings. The number of halogens is 1. The van der Waals surface area contributed by atoms with Crippen LogP contribution in [0.4, 0.5) is 4.39 Å². The van der Waals surface area contributed by atoms with E-state index >= 15 is 0 Å². The Morgan fingerprint density at radius 2 is 1.95 bits per heavy atom. The van der Waals surface area contributed by atoms with E-state index in [-0.39, 0.29) is 11.9 Å². The predicted molar refractivity (Wildman–Crippen MR) is 78.9 cm³/mol. The van der Waals surface area contributed by atoms with E-state index in [1.807, 2.05) is 37.3 Å². The standard InChI is InChI=1S/C17H15FN2/c1-11-9-14(18)5-6-15(11)17(19)13-4-7-16-12(10-13)3-2-8-20-16/h2-10,17H,19H2,1H3. The molecule has 0 radical (unpaired) electrons. The molecule has 0 spiro atoms. The van der Waals surface area contributed by atoms with Crippen molar-refractivity contribution in [2.75, 3.05) is 0 Å². The minimum atomic E-state index is -0.264. The van der Waals surface area contributed by atoms with Gasteiger partial charge in [-0.25, -0.2) is 4.39 Å². The van der Waals surface area contributed by atoms with E-state index in [0.29, 0.717) is 0 Å². The SMILES string of the molecule is Cc1cc(F)ccc1C(N)c1ccc2ncccc2c1. The van der Waals surface area contributed by atoms with Crippen LogP contribution in [-0.4, -0.2) is 4.98 Å². The molecule has 0 saturated heterocycles. The van der Waals surface area contributed by atoms with Gasteiger partial charge in [0.05, 0.1) is 11.6 Å². The van der Waals surface area contributed by atoms with E-state index in [9.17, 15) is 4.39 Å². The van der Waals surface area contributed by atoms with Crippen LogP contribution < -0.4 is 5.73 Å². The summed E-state index contributed by atoms with van der Waals surface area (Å²) in [7, 11) is 0. The molecule has 100 valence electrons. The number of fused-ring (bicyclic) bond motifs is 1. The third-order valence-electron chi connectivity index (χ3n) is 3.55. The Hall–Kier alpha value is -2.26. The van der Waals surface area contributed by atoms with E-state index < -0.39 is 0 Å². The van der Waals surface area contributed by atoms with Gasteiger partial charge >= 0.3 is 0 Å². The van der Waals surface area contributed by atoms with E-state index in [1.54, 1.807) is 12.3 Å². The number of pyridine rings is 1. The molecule has 0 saturated carbocycles. The van der Waals surface area contributed by atoms with E-state index in [1.165, 1.54) is 12.1 Å². The summed E-state index contributed by atoms with van der Waals surface area (Å²) in [4.78, 5) is 4.29. The molecule has 2 aromatic carbocycles. The maximum absolute atomic E-state index is 13.2. The Balaban J connectivity index is 2.05. The van der Waals surface area contributed by atoms with Gasteiger partial charge in [-0.2, -0.15) is 0 Å². The zero-order valence-electron chi connectivity index (χ0n) is 11.2. The number of nitrogens with zero attached hydrogens (tertiary/aromatic N) is 1. The van der Waals surface area contributed by atoms with Crippen molar-refractivity contribution >= 4 is 10.9 Å². The molecule has 2 N–H and O–H groups in total. The lowest BCUT2D eigenvalue weighted by Crippen LogP contribution is -2.13. The van der Waals surface area contributed by atoms with E-state index in [2.05, 4.69) is 4.98 Å². The fourth-order valence-electron chi connectivity index (χ4n) is 2.46. The quantitative estimate of drug-likeness (QED) is 0.767. The van der Waals surface area contributed by atoms with Gasteiger partial charge in [-0.3, -0.25) is 4.98 Å². The number of nitrogens with two attached hydrogens (primary N) is 1. The molecule has 1 heterocycles. The first-order valence-corrected chi connectivity index (χ1v) is 6.51. The Bertz CT molecular complexity index is 768. The van der Waals surface area contributed by atoms with Gasteiger partial charge in [0.15, 0.2) is 0 Å². The maximum Gasteiger partial charge on any atom is 0.123 e. The van der Waals surface area contributed by atoms with Crippen LogP contribution >= 0.6 is 0 Å². The van der Waals surface area contributed by atoms with Gasteiger partial charge < -0.3 is 5.73 Å². The van der Waals surface area contributed by atoms with Crippen molar-refractivity contribution in [3.63, 3.8) is 0 Å². The number of rotatable bonds is 2. The van der Waals surface area contributed by atoms with Crippen molar-refractivity contribution in [1.82, 2.24) is 4.98 Å². The summed E-state index contributed by atoms with van der Waals surface area (Å²) in [6, 6.07) is 14.3. The third-order valence-corrected chi connectivity index (χ3v) is 3.55. The molecular formula is C17H15FN2. The summed E-state index contributed by atoms with van der Waals surface area (Å²) in [5.74, 6) is -0.235. The Morgan fingerprint density at radius 1 is 1.10 bits per heavy atom. The normalized spacial score (nSPS) is 12.6. The van der Waals surface area contributed by atoms with Gasteiger partial charge in [0.2, 0.25) is 0 Å². The van der Waals surface area contributed by atoms with Gasteiger partial charge in [-0.05, 0) is 53.9 Å². The second kappa shape index (κ2) is 5.02. The van der Waals surface area contributed by atoms with Gasteiger partial charge in [0.25, 0.3) is 0 Å². The third kappa shape index (κ3) is 2.28. The summed E-state index contributed by atoms with van der Waals surface area (Å²) in [6.07, 6.45) is 1.77. The van der Waals surface area contributed by atoms with Crippen molar-refractivity contribution in [2.45, 2.75) is 13.0 Å². The summed E-state index contributed by atoms with van der Waals surface area (Å²) < 4.78 is 13.2. The fraction of sp³-hybridized carbons (Fsp3) is 0.118. The molecule has 0 aliphatic rings. The fourth-order valence-corrected chi connectivity index (χ4v) is 2.46. The Kier molecular flexibility index (Phi) is 3.20. The maximum atomic E-state index is 13.2. The highest BCUT2D eigenvalue weighted by Crippen LogP contribution is 2.25. The van der Waals surface area contributed by atoms with Crippen molar-refractivity contribution in [1.29, 1.82) is 0 Å². The van der Waals surface area contributed by atoms with Gasteiger partial charge in [0.1, 0.15) is 5.82 Å². The van der Waals surface area contributed by atoms with Crippen LogP contribution in [0, 0.1) is 12.7 Å². The molecule has 1 unspecified atom stereocenters. The van der Waals surface area contributed by atoms with Gasteiger partial charge in [-0.1, -0.05) is 18.2 Å². The van der Waals surface area contributed by atoms with E-state index in [0.717, 1.165) is 27.6 Å².